The molecule has 22 heavy (non-hydrogen) atoms. The number of carbonyl (C=O) groups excluding carboxylic acids is 1. The van der Waals surface area contributed by atoms with Crippen LogP contribution in [0.3, 0.4) is 0 Å². The number of carboxylic acid groups (broad SMARTS) is 1. The first-order valence-corrected chi connectivity index (χ1v) is 7.84. The molecule has 120 valence electrons. The summed E-state index contributed by atoms with van der Waals surface area (Å²) in [4.78, 5) is 23.4. The summed E-state index contributed by atoms with van der Waals surface area (Å²) in [5.74, 6) is -0.729. The van der Waals surface area contributed by atoms with Gasteiger partial charge in [0.2, 0.25) is 5.91 Å². The van der Waals surface area contributed by atoms with Crippen molar-refractivity contribution in [3.05, 3.63) is 29.8 Å². The standard InChI is InChI=1S/C17H23NO4/c19-14-8-6-13(7-9-14)11-16(20)18-15(17(21)22)10-12-4-2-1-3-5-12/h6-9,12,15,19H,1-5,10-11H2,(H,18,20)(H,21,22). The topological polar surface area (TPSA) is 86.6 Å². The summed E-state index contributed by atoms with van der Waals surface area (Å²) in [6, 6.07) is 5.53. The van der Waals surface area contributed by atoms with Crippen LogP contribution in [0.4, 0.5) is 0 Å². The molecule has 1 aliphatic rings. The number of nitrogens with one attached hydrogen (secondary N) is 1. The van der Waals surface area contributed by atoms with Gasteiger partial charge in [-0.1, -0.05) is 44.2 Å². The number of carboxylic acids is 1. The monoisotopic (exact) mass is 305 g/mol. The van der Waals surface area contributed by atoms with Gasteiger partial charge in [0.15, 0.2) is 0 Å². The lowest BCUT2D eigenvalue weighted by molar-refractivity contribution is -0.142. The molecule has 5 heteroatoms. The fourth-order valence-corrected chi connectivity index (χ4v) is 3.02. The molecule has 0 heterocycles. The number of phenols is 1. The molecule has 0 saturated heterocycles. The van der Waals surface area contributed by atoms with Gasteiger partial charge in [-0.15, -0.1) is 0 Å². The lowest BCUT2D eigenvalue weighted by atomic mass is 9.85. The maximum atomic E-state index is 12.0. The molecule has 1 aromatic rings. The largest absolute Gasteiger partial charge is 0.508 e. The minimum atomic E-state index is -0.968. The van der Waals surface area contributed by atoms with E-state index in [2.05, 4.69) is 5.32 Å². The number of rotatable bonds is 6. The van der Waals surface area contributed by atoms with E-state index in [-0.39, 0.29) is 18.1 Å². The van der Waals surface area contributed by atoms with Crippen LogP contribution < -0.4 is 5.32 Å². The Hall–Kier alpha value is -2.04. The van der Waals surface area contributed by atoms with E-state index < -0.39 is 12.0 Å². The molecule has 0 radical (unpaired) electrons. The second-order valence-corrected chi connectivity index (χ2v) is 6.04. The van der Waals surface area contributed by atoms with Crippen LogP contribution in [0.1, 0.15) is 44.1 Å². The van der Waals surface area contributed by atoms with E-state index in [1.165, 1.54) is 18.6 Å². The highest BCUT2D eigenvalue weighted by Crippen LogP contribution is 2.27. The van der Waals surface area contributed by atoms with Crippen molar-refractivity contribution < 1.29 is 19.8 Å². The van der Waals surface area contributed by atoms with Crippen LogP contribution in [-0.4, -0.2) is 28.1 Å². The highest BCUT2D eigenvalue weighted by atomic mass is 16.4. The van der Waals surface area contributed by atoms with Crippen LogP contribution in [0.5, 0.6) is 5.75 Å². The molecule has 3 N–H and O–H groups in total. The van der Waals surface area contributed by atoms with Gasteiger partial charge in [-0.3, -0.25) is 4.79 Å². The lowest BCUT2D eigenvalue weighted by Gasteiger charge is -2.25. The molecule has 1 aromatic carbocycles. The lowest BCUT2D eigenvalue weighted by Crippen LogP contribution is -2.42. The van der Waals surface area contributed by atoms with E-state index in [0.29, 0.717) is 12.3 Å². The number of aromatic hydroxyl groups is 1. The van der Waals surface area contributed by atoms with E-state index in [1.807, 2.05) is 0 Å². The van der Waals surface area contributed by atoms with Crippen LogP contribution in [-0.2, 0) is 16.0 Å². The highest BCUT2D eigenvalue weighted by molar-refractivity contribution is 5.84. The zero-order valence-electron chi connectivity index (χ0n) is 12.6. The van der Waals surface area contributed by atoms with Crippen molar-refractivity contribution in [3.63, 3.8) is 0 Å². The molecule has 0 bridgehead atoms. The fraction of sp³-hybridized carbons (Fsp3) is 0.529. The quantitative estimate of drug-likeness (QED) is 0.753. The van der Waals surface area contributed by atoms with Crippen LogP contribution >= 0.6 is 0 Å². The zero-order chi connectivity index (χ0) is 15.9. The number of phenolic OH excluding ortho intramolecular Hbond substituents is 1. The summed E-state index contributed by atoms with van der Waals surface area (Å²) in [6.07, 6.45) is 6.26. The first kappa shape index (κ1) is 16.3. The first-order chi connectivity index (χ1) is 10.5. The van der Waals surface area contributed by atoms with Crippen molar-refractivity contribution in [2.75, 3.05) is 0 Å². The minimum absolute atomic E-state index is 0.120. The molecule has 0 aliphatic heterocycles. The van der Waals surface area contributed by atoms with Gasteiger partial charge in [0.25, 0.3) is 0 Å². The van der Waals surface area contributed by atoms with Gasteiger partial charge in [0.05, 0.1) is 6.42 Å². The summed E-state index contributed by atoms with van der Waals surface area (Å²) in [7, 11) is 0. The van der Waals surface area contributed by atoms with Crippen LogP contribution in [0.25, 0.3) is 0 Å². The average molecular weight is 305 g/mol. The first-order valence-electron chi connectivity index (χ1n) is 7.84. The predicted octanol–water partition coefficient (Wildman–Crippen LogP) is 2.47. The molecule has 5 nitrogen and oxygen atoms in total. The van der Waals surface area contributed by atoms with E-state index in [0.717, 1.165) is 31.2 Å². The Labute approximate surface area is 130 Å². The summed E-state index contributed by atoms with van der Waals surface area (Å²) in [6.45, 7) is 0. The minimum Gasteiger partial charge on any atom is -0.508 e. The average Bonchev–Trinajstić information content (AvgIpc) is 2.50. The molecule has 0 spiro atoms. The third-order valence-corrected chi connectivity index (χ3v) is 4.23. The highest BCUT2D eigenvalue weighted by Gasteiger charge is 2.25. The molecule has 0 aromatic heterocycles. The van der Waals surface area contributed by atoms with E-state index in [1.54, 1.807) is 12.1 Å². The van der Waals surface area contributed by atoms with Crippen LogP contribution in [0.2, 0.25) is 0 Å². The SMILES string of the molecule is O=C(Cc1ccc(O)cc1)NC(CC1CCCCC1)C(=O)O. The number of hydrogen-bond donors (Lipinski definition) is 3. The fourth-order valence-electron chi connectivity index (χ4n) is 3.02. The summed E-state index contributed by atoms with van der Waals surface area (Å²) in [5.41, 5.74) is 0.747. The molecule has 1 saturated carbocycles. The number of aliphatic carboxylic acids is 1. The van der Waals surface area contributed by atoms with Crippen LogP contribution in [0.15, 0.2) is 24.3 Å². The Kier molecular flexibility index (Phi) is 5.81. The van der Waals surface area contributed by atoms with Gasteiger partial charge < -0.3 is 15.5 Å². The van der Waals surface area contributed by atoms with E-state index in [9.17, 15) is 19.8 Å². The van der Waals surface area contributed by atoms with Crippen molar-refractivity contribution in [1.82, 2.24) is 5.32 Å². The Morgan fingerprint density at radius 3 is 2.36 bits per heavy atom. The third kappa shape index (κ3) is 5.06. The number of hydrogen-bond acceptors (Lipinski definition) is 3. The molecule has 1 aliphatic carbocycles. The van der Waals surface area contributed by atoms with Gasteiger partial charge in [-0.25, -0.2) is 4.79 Å². The second kappa shape index (κ2) is 7.82. The second-order valence-electron chi connectivity index (χ2n) is 6.04. The molecule has 2 rings (SSSR count). The summed E-state index contributed by atoms with van der Waals surface area (Å²) >= 11 is 0. The zero-order valence-corrected chi connectivity index (χ0v) is 12.6. The van der Waals surface area contributed by atoms with E-state index in [4.69, 9.17) is 0 Å². The van der Waals surface area contributed by atoms with Crippen molar-refractivity contribution in [1.29, 1.82) is 0 Å². The normalized spacial score (nSPS) is 16.9. The van der Waals surface area contributed by atoms with Crippen molar-refractivity contribution in [2.45, 2.75) is 51.0 Å². The number of benzene rings is 1. The molecule has 1 amide bonds. The summed E-state index contributed by atoms with van der Waals surface area (Å²) < 4.78 is 0. The maximum absolute atomic E-state index is 12.0. The predicted molar refractivity (Wildman–Crippen MR) is 82.6 cm³/mol. The Bertz CT molecular complexity index is 506. The summed E-state index contributed by atoms with van der Waals surface area (Å²) in [5, 5.41) is 21.1. The van der Waals surface area contributed by atoms with Crippen molar-refractivity contribution in [3.8, 4) is 5.75 Å². The van der Waals surface area contributed by atoms with Crippen molar-refractivity contribution >= 4 is 11.9 Å². The molecule has 1 atom stereocenters. The van der Waals surface area contributed by atoms with Crippen molar-refractivity contribution in [2.24, 2.45) is 5.92 Å². The van der Waals surface area contributed by atoms with Crippen LogP contribution in [0, 0.1) is 5.92 Å². The Morgan fingerprint density at radius 2 is 1.77 bits per heavy atom. The van der Waals surface area contributed by atoms with Gasteiger partial charge >= 0.3 is 5.97 Å². The van der Waals surface area contributed by atoms with Gasteiger partial charge in [-0.2, -0.15) is 0 Å². The molecular weight excluding hydrogens is 282 g/mol. The Balaban J connectivity index is 1.87. The third-order valence-electron chi connectivity index (χ3n) is 4.23. The maximum Gasteiger partial charge on any atom is 0.326 e. The molecule has 1 fully saturated rings. The van der Waals surface area contributed by atoms with Gasteiger partial charge in [0.1, 0.15) is 11.8 Å². The molecule has 1 unspecified atom stereocenters. The number of amides is 1. The Morgan fingerprint density at radius 1 is 1.14 bits per heavy atom. The number of carbonyl (C=O) groups is 2. The smallest absolute Gasteiger partial charge is 0.326 e. The molecular formula is C17H23NO4. The van der Waals surface area contributed by atoms with E-state index >= 15 is 0 Å². The van der Waals surface area contributed by atoms with Gasteiger partial charge in [-0.05, 0) is 30.0 Å². The van der Waals surface area contributed by atoms with Gasteiger partial charge in [0, 0.05) is 0 Å².